The van der Waals surface area contributed by atoms with E-state index in [4.69, 9.17) is 16.0 Å². The van der Waals surface area contributed by atoms with E-state index in [0.717, 1.165) is 29.7 Å². The highest BCUT2D eigenvalue weighted by Crippen LogP contribution is 2.38. The van der Waals surface area contributed by atoms with Gasteiger partial charge in [-0.2, -0.15) is 0 Å². The number of nitrogens with zero attached hydrogens (tertiary/aromatic N) is 2. The van der Waals surface area contributed by atoms with Gasteiger partial charge in [0.15, 0.2) is 5.43 Å². The largest absolute Gasteiger partial charge is 0.450 e. The number of halogens is 1. The normalized spacial score (nSPS) is 16.0. The molecule has 156 valence electrons. The van der Waals surface area contributed by atoms with Crippen LogP contribution in [0.4, 0.5) is 0 Å². The number of hydrogen-bond donors (Lipinski definition) is 0. The van der Waals surface area contributed by atoms with Crippen LogP contribution in [0.3, 0.4) is 0 Å². The number of carbonyl (C=O) groups is 1. The summed E-state index contributed by atoms with van der Waals surface area (Å²) in [6, 6.07) is 10.9. The number of hydrogen-bond acceptors (Lipinski definition) is 4. The number of rotatable bonds is 5. The Hall–Kier alpha value is -2.63. The van der Waals surface area contributed by atoms with Gasteiger partial charge >= 0.3 is 0 Å². The van der Waals surface area contributed by atoms with Crippen molar-refractivity contribution in [1.29, 1.82) is 0 Å². The summed E-state index contributed by atoms with van der Waals surface area (Å²) < 4.78 is 6.01. The van der Waals surface area contributed by atoms with Gasteiger partial charge in [0.05, 0.1) is 17.0 Å². The van der Waals surface area contributed by atoms with E-state index in [1.807, 2.05) is 52.2 Å². The summed E-state index contributed by atoms with van der Waals surface area (Å²) in [7, 11) is 4.00. The lowest BCUT2D eigenvalue weighted by atomic mass is 9.97. The van der Waals surface area contributed by atoms with Crippen LogP contribution in [-0.2, 0) is 0 Å². The van der Waals surface area contributed by atoms with E-state index in [2.05, 4.69) is 4.90 Å². The van der Waals surface area contributed by atoms with Gasteiger partial charge in [0.2, 0.25) is 5.76 Å². The maximum Gasteiger partial charge on any atom is 0.290 e. The van der Waals surface area contributed by atoms with Crippen molar-refractivity contribution < 1.29 is 9.21 Å². The van der Waals surface area contributed by atoms with E-state index in [9.17, 15) is 9.59 Å². The second-order valence-electron chi connectivity index (χ2n) is 8.24. The first kappa shape index (κ1) is 20.6. The van der Waals surface area contributed by atoms with Gasteiger partial charge in [-0.15, -0.1) is 0 Å². The summed E-state index contributed by atoms with van der Waals surface area (Å²) in [5.74, 6) is -0.0921. The fourth-order valence-electron chi connectivity index (χ4n) is 4.02. The Morgan fingerprint density at radius 1 is 1.10 bits per heavy atom. The van der Waals surface area contributed by atoms with Crippen LogP contribution in [0, 0.1) is 13.8 Å². The number of benzene rings is 2. The molecule has 1 aliphatic heterocycles. The molecule has 0 radical (unpaired) electrons. The van der Waals surface area contributed by atoms with Crippen LogP contribution in [0.1, 0.15) is 45.3 Å². The molecule has 0 unspecified atom stereocenters. The molecule has 1 atom stereocenters. The van der Waals surface area contributed by atoms with E-state index < -0.39 is 6.04 Å². The van der Waals surface area contributed by atoms with Crippen LogP contribution in [0.5, 0.6) is 0 Å². The SMILES string of the molecule is Cc1ccc([C@@H]2c3c(oc4cc(C)c(Cl)cc4c3=O)C(=O)N2CCCN(C)C)cc1. The highest BCUT2D eigenvalue weighted by Gasteiger charge is 2.42. The van der Waals surface area contributed by atoms with Gasteiger partial charge in [0.1, 0.15) is 5.58 Å². The van der Waals surface area contributed by atoms with E-state index in [-0.39, 0.29) is 17.1 Å². The molecule has 5 nitrogen and oxygen atoms in total. The minimum Gasteiger partial charge on any atom is -0.450 e. The van der Waals surface area contributed by atoms with Gasteiger partial charge < -0.3 is 14.2 Å². The Balaban J connectivity index is 1.90. The summed E-state index contributed by atoms with van der Waals surface area (Å²) in [4.78, 5) is 30.7. The van der Waals surface area contributed by atoms with Gasteiger partial charge in [-0.3, -0.25) is 9.59 Å². The zero-order valence-electron chi connectivity index (χ0n) is 17.7. The second-order valence-corrected chi connectivity index (χ2v) is 8.65. The average molecular weight is 425 g/mol. The predicted octanol–water partition coefficient (Wildman–Crippen LogP) is 4.56. The molecule has 4 rings (SSSR count). The van der Waals surface area contributed by atoms with Crippen molar-refractivity contribution in [3.63, 3.8) is 0 Å². The lowest BCUT2D eigenvalue weighted by Crippen LogP contribution is -2.32. The Bertz CT molecular complexity index is 1180. The average Bonchev–Trinajstić information content (AvgIpc) is 2.97. The quantitative estimate of drug-likeness (QED) is 0.602. The van der Waals surface area contributed by atoms with E-state index in [1.165, 1.54) is 0 Å². The first-order valence-corrected chi connectivity index (χ1v) is 10.4. The summed E-state index contributed by atoms with van der Waals surface area (Å²) >= 11 is 6.27. The molecule has 6 heteroatoms. The van der Waals surface area contributed by atoms with Crippen LogP contribution < -0.4 is 5.43 Å². The van der Waals surface area contributed by atoms with Crippen molar-refractivity contribution in [2.75, 3.05) is 27.2 Å². The first-order valence-electron chi connectivity index (χ1n) is 10.1. The molecule has 0 spiro atoms. The van der Waals surface area contributed by atoms with Crippen molar-refractivity contribution in [2.45, 2.75) is 26.3 Å². The fourth-order valence-corrected chi connectivity index (χ4v) is 4.19. The van der Waals surface area contributed by atoms with Gasteiger partial charge in [-0.1, -0.05) is 41.4 Å². The molecule has 1 aromatic heterocycles. The van der Waals surface area contributed by atoms with Crippen molar-refractivity contribution in [2.24, 2.45) is 0 Å². The summed E-state index contributed by atoms with van der Waals surface area (Å²) in [5.41, 5.74) is 3.43. The third-order valence-electron chi connectivity index (χ3n) is 5.64. The number of aryl methyl sites for hydroxylation is 2. The van der Waals surface area contributed by atoms with Crippen LogP contribution in [0.15, 0.2) is 45.6 Å². The first-order chi connectivity index (χ1) is 14.3. The summed E-state index contributed by atoms with van der Waals surface area (Å²) in [6.45, 7) is 5.24. The second kappa shape index (κ2) is 7.89. The Morgan fingerprint density at radius 3 is 2.47 bits per heavy atom. The number of fused-ring (bicyclic) bond motifs is 2. The highest BCUT2D eigenvalue weighted by atomic mass is 35.5. The smallest absolute Gasteiger partial charge is 0.290 e. The van der Waals surface area contributed by atoms with Gasteiger partial charge in [0, 0.05) is 11.6 Å². The Labute approximate surface area is 180 Å². The number of carbonyl (C=O) groups excluding carboxylic acids is 1. The van der Waals surface area contributed by atoms with Crippen LogP contribution in [0.2, 0.25) is 5.02 Å². The molecule has 1 aliphatic rings. The Morgan fingerprint density at radius 2 is 1.80 bits per heavy atom. The Kier molecular flexibility index (Phi) is 5.43. The molecule has 0 fully saturated rings. The molecule has 30 heavy (non-hydrogen) atoms. The molecule has 0 bridgehead atoms. The minimum absolute atomic E-state index is 0.143. The molecule has 0 N–H and O–H groups in total. The standard InChI is InChI=1S/C24H25ClN2O3/c1-14-6-8-16(9-7-14)21-20-22(28)17-13-18(25)15(2)12-19(17)30-23(20)24(29)27(21)11-5-10-26(3)4/h6-9,12-13,21H,5,10-11H2,1-4H3/t21-/m1/s1. The van der Waals surface area contributed by atoms with Crippen LogP contribution in [-0.4, -0.2) is 42.9 Å². The molecule has 1 amide bonds. The highest BCUT2D eigenvalue weighted by molar-refractivity contribution is 6.32. The van der Waals surface area contributed by atoms with E-state index in [0.29, 0.717) is 28.1 Å². The topological polar surface area (TPSA) is 53.8 Å². The molecule has 3 aromatic rings. The monoisotopic (exact) mass is 424 g/mol. The minimum atomic E-state index is -0.462. The summed E-state index contributed by atoms with van der Waals surface area (Å²) in [6.07, 6.45) is 0.799. The van der Waals surface area contributed by atoms with Gasteiger partial charge in [0.25, 0.3) is 5.91 Å². The molecular formula is C24H25ClN2O3. The molecule has 0 saturated carbocycles. The zero-order chi connectivity index (χ0) is 21.6. The van der Waals surface area contributed by atoms with Gasteiger partial charge in [-0.05, 0) is 64.2 Å². The predicted molar refractivity (Wildman–Crippen MR) is 119 cm³/mol. The van der Waals surface area contributed by atoms with Crippen molar-refractivity contribution >= 4 is 28.5 Å². The fraction of sp³-hybridized carbons (Fsp3) is 0.333. The van der Waals surface area contributed by atoms with E-state index in [1.54, 1.807) is 17.0 Å². The van der Waals surface area contributed by atoms with Crippen molar-refractivity contribution in [1.82, 2.24) is 9.80 Å². The van der Waals surface area contributed by atoms with E-state index >= 15 is 0 Å². The molecule has 0 saturated heterocycles. The third-order valence-corrected chi connectivity index (χ3v) is 6.05. The molecule has 0 aliphatic carbocycles. The van der Waals surface area contributed by atoms with Crippen LogP contribution >= 0.6 is 11.6 Å². The van der Waals surface area contributed by atoms with Crippen LogP contribution in [0.25, 0.3) is 11.0 Å². The number of amides is 1. The third kappa shape index (κ3) is 3.53. The molecular weight excluding hydrogens is 400 g/mol. The lowest BCUT2D eigenvalue weighted by molar-refractivity contribution is 0.0722. The van der Waals surface area contributed by atoms with Crippen molar-refractivity contribution in [3.8, 4) is 0 Å². The summed E-state index contributed by atoms with van der Waals surface area (Å²) in [5, 5.41) is 0.915. The van der Waals surface area contributed by atoms with Gasteiger partial charge in [-0.25, -0.2) is 0 Å². The lowest BCUT2D eigenvalue weighted by Gasteiger charge is -2.25. The maximum atomic E-state index is 13.5. The molecule has 2 aromatic carbocycles. The molecule has 2 heterocycles. The maximum absolute atomic E-state index is 13.5. The van der Waals surface area contributed by atoms with Crippen molar-refractivity contribution in [3.05, 3.63) is 79.7 Å². The zero-order valence-corrected chi connectivity index (χ0v) is 18.4.